The summed E-state index contributed by atoms with van der Waals surface area (Å²) in [4.78, 5) is 72.6. The summed E-state index contributed by atoms with van der Waals surface area (Å²) in [6, 6.07) is 19.5. The maximum atomic E-state index is 13.5. The summed E-state index contributed by atoms with van der Waals surface area (Å²) in [5, 5.41) is 15.1. The predicted molar refractivity (Wildman–Crippen MR) is 230 cm³/mol. The molecule has 2 N–H and O–H groups in total. The number of hydrogen-bond donors (Lipinski definition) is 2. The minimum absolute atomic E-state index is 0.0960. The van der Waals surface area contributed by atoms with Gasteiger partial charge in [0, 0.05) is 85.6 Å². The molecule has 5 fully saturated rings. The van der Waals surface area contributed by atoms with E-state index in [0.717, 1.165) is 74.9 Å². The molecule has 61 heavy (non-hydrogen) atoms. The SMILES string of the molecule is CC1(C)C(NC(=O)c2ccc(N3CCC(CCN4CC5CN(c6ccc7c(c6)C(=O)N(C6CCC(=O)NC6=O)C7=O)CC5C4)C3)cc2)C(C)(C)C1Oc1ccc(C#N)c(Cl)c1. The lowest BCUT2D eigenvalue weighted by atomic mass is 9.49. The van der Waals surface area contributed by atoms with Crippen molar-refractivity contribution in [3.63, 3.8) is 0 Å². The van der Waals surface area contributed by atoms with Gasteiger partial charge < -0.3 is 24.8 Å². The Bertz CT molecular complexity index is 2330. The predicted octanol–water partition coefficient (Wildman–Crippen LogP) is 5.51. The Labute approximate surface area is 361 Å². The number of fused-ring (bicyclic) bond motifs is 2. The van der Waals surface area contributed by atoms with Gasteiger partial charge >= 0.3 is 0 Å². The van der Waals surface area contributed by atoms with Crippen LogP contribution in [0.2, 0.25) is 5.02 Å². The molecule has 9 rings (SSSR count). The van der Waals surface area contributed by atoms with Gasteiger partial charge in [-0.3, -0.25) is 34.2 Å². The first-order chi connectivity index (χ1) is 29.1. The van der Waals surface area contributed by atoms with Crippen molar-refractivity contribution in [2.75, 3.05) is 55.6 Å². The van der Waals surface area contributed by atoms with Gasteiger partial charge in [-0.2, -0.15) is 5.26 Å². The molecule has 0 spiro atoms. The van der Waals surface area contributed by atoms with E-state index in [0.29, 0.717) is 50.8 Å². The molecule has 14 heteroatoms. The molecule has 5 heterocycles. The number of ether oxygens (including phenoxy) is 1. The van der Waals surface area contributed by atoms with Crippen molar-refractivity contribution in [1.82, 2.24) is 20.4 Å². The zero-order chi connectivity index (χ0) is 43.0. The third-order valence-corrected chi connectivity index (χ3v) is 14.7. The van der Waals surface area contributed by atoms with E-state index in [-0.39, 0.29) is 47.6 Å². The van der Waals surface area contributed by atoms with Crippen LogP contribution in [0.3, 0.4) is 0 Å². The first-order valence-electron chi connectivity index (χ1n) is 21.5. The summed E-state index contributed by atoms with van der Waals surface area (Å²) in [5.41, 5.74) is 3.02. The maximum absolute atomic E-state index is 13.5. The van der Waals surface area contributed by atoms with Gasteiger partial charge in [0.2, 0.25) is 11.8 Å². The van der Waals surface area contributed by atoms with E-state index in [1.807, 2.05) is 18.2 Å². The number of halogens is 1. The van der Waals surface area contributed by atoms with E-state index < -0.39 is 23.8 Å². The highest BCUT2D eigenvalue weighted by Gasteiger charge is 2.64. The largest absolute Gasteiger partial charge is 0.489 e. The quantitative estimate of drug-likeness (QED) is 0.250. The maximum Gasteiger partial charge on any atom is 0.262 e. The van der Waals surface area contributed by atoms with Crippen molar-refractivity contribution in [2.45, 2.75) is 71.6 Å². The highest BCUT2D eigenvalue weighted by atomic mass is 35.5. The molecule has 1 saturated carbocycles. The van der Waals surface area contributed by atoms with Gasteiger partial charge in [0.05, 0.1) is 21.7 Å². The van der Waals surface area contributed by atoms with Crippen LogP contribution >= 0.6 is 11.6 Å². The molecule has 3 aromatic carbocycles. The van der Waals surface area contributed by atoms with Gasteiger partial charge in [0.25, 0.3) is 17.7 Å². The molecule has 4 saturated heterocycles. The number of amides is 5. The topological polar surface area (TPSA) is 155 Å². The van der Waals surface area contributed by atoms with Crippen molar-refractivity contribution in [2.24, 2.45) is 28.6 Å². The first kappa shape index (κ1) is 40.9. The van der Waals surface area contributed by atoms with Crippen LogP contribution in [0.5, 0.6) is 5.75 Å². The van der Waals surface area contributed by atoms with Crippen LogP contribution in [-0.4, -0.2) is 103 Å². The molecule has 1 aliphatic carbocycles. The van der Waals surface area contributed by atoms with Crippen LogP contribution in [-0.2, 0) is 9.59 Å². The minimum Gasteiger partial charge on any atom is -0.489 e. The number of imide groups is 2. The Hall–Kier alpha value is -5.45. The summed E-state index contributed by atoms with van der Waals surface area (Å²) in [6.45, 7) is 15.3. The first-order valence-corrected chi connectivity index (χ1v) is 21.8. The van der Waals surface area contributed by atoms with E-state index >= 15 is 0 Å². The van der Waals surface area contributed by atoms with Crippen molar-refractivity contribution < 1.29 is 28.7 Å². The Kier molecular flexibility index (Phi) is 10.4. The molecule has 0 aromatic heterocycles. The van der Waals surface area contributed by atoms with Gasteiger partial charge in [-0.05, 0) is 98.2 Å². The molecule has 13 nitrogen and oxygen atoms in total. The minimum atomic E-state index is -0.968. The molecule has 5 aliphatic heterocycles. The van der Waals surface area contributed by atoms with E-state index in [1.165, 1.54) is 0 Å². The second-order valence-corrected chi connectivity index (χ2v) is 19.5. The lowest BCUT2D eigenvalue weighted by molar-refractivity contribution is -0.164. The summed E-state index contributed by atoms with van der Waals surface area (Å²) < 4.78 is 6.39. The Morgan fingerprint density at radius 3 is 2.21 bits per heavy atom. The average Bonchev–Trinajstić information content (AvgIpc) is 4.01. The smallest absolute Gasteiger partial charge is 0.262 e. The van der Waals surface area contributed by atoms with Crippen LogP contribution in [0.15, 0.2) is 60.7 Å². The Morgan fingerprint density at radius 1 is 0.852 bits per heavy atom. The zero-order valence-corrected chi connectivity index (χ0v) is 35.8. The summed E-state index contributed by atoms with van der Waals surface area (Å²) in [5.74, 6) is 0.226. The molecule has 0 bridgehead atoms. The molecule has 318 valence electrons. The summed E-state index contributed by atoms with van der Waals surface area (Å²) in [7, 11) is 0. The Morgan fingerprint density at radius 2 is 1.54 bits per heavy atom. The molecule has 4 unspecified atom stereocenters. The number of hydrogen-bond acceptors (Lipinski definition) is 10. The second kappa shape index (κ2) is 15.5. The standard InChI is InChI=1S/C47H52ClN7O6/c1-46(2)44(47(3,4)45(46)61-34-11-7-29(21-49)37(48)20-34)51-40(57)28-5-8-32(9-6-28)53-18-16-27(22-53)15-17-52-23-30-25-54(26-31(30)24-52)33-10-12-35-36(19-33)43(60)55(42(35)59)38-13-14-39(56)50-41(38)58/h5-12,19-20,27,30-31,38,44-45H,13-18,22-26H2,1-4H3,(H,51,57)(H,50,56,58). The van der Waals surface area contributed by atoms with Crippen molar-refractivity contribution in [3.05, 3.63) is 87.9 Å². The molecular weight excluding hydrogens is 794 g/mol. The number of anilines is 2. The van der Waals surface area contributed by atoms with Gasteiger partial charge in [-0.1, -0.05) is 39.3 Å². The molecule has 3 aromatic rings. The number of piperidine rings is 1. The lowest BCUT2D eigenvalue weighted by Gasteiger charge is -2.63. The molecule has 6 aliphatic rings. The lowest BCUT2D eigenvalue weighted by Crippen LogP contribution is -2.74. The summed E-state index contributed by atoms with van der Waals surface area (Å²) in [6.07, 6.45) is 2.34. The van der Waals surface area contributed by atoms with Crippen LogP contribution in [0.4, 0.5) is 11.4 Å². The second-order valence-electron chi connectivity index (χ2n) is 19.1. The molecule has 0 radical (unpaired) electrons. The van der Waals surface area contributed by atoms with Gasteiger partial charge in [0.1, 0.15) is 24.0 Å². The van der Waals surface area contributed by atoms with Crippen LogP contribution in [0.25, 0.3) is 0 Å². The highest BCUT2D eigenvalue weighted by molar-refractivity contribution is 6.31. The van der Waals surface area contributed by atoms with E-state index in [9.17, 15) is 29.2 Å². The molecule has 5 amide bonds. The third kappa shape index (κ3) is 7.31. The van der Waals surface area contributed by atoms with Crippen LogP contribution < -0.4 is 25.2 Å². The fraction of sp³-hybridized carbons (Fsp3) is 0.489. The number of likely N-dealkylation sites (tertiary alicyclic amines) is 1. The zero-order valence-electron chi connectivity index (χ0n) is 35.1. The van der Waals surface area contributed by atoms with Gasteiger partial charge in [0.15, 0.2) is 0 Å². The fourth-order valence-electron chi connectivity index (χ4n) is 11.4. The van der Waals surface area contributed by atoms with Gasteiger partial charge in [-0.25, -0.2) is 0 Å². The molecule has 4 atom stereocenters. The molecular formula is C47H52ClN7O6. The third-order valence-electron chi connectivity index (χ3n) is 14.4. The van der Waals surface area contributed by atoms with Crippen LogP contribution in [0, 0.1) is 39.9 Å². The number of benzene rings is 3. The van der Waals surface area contributed by atoms with Crippen molar-refractivity contribution in [1.29, 1.82) is 5.26 Å². The monoisotopic (exact) mass is 845 g/mol. The van der Waals surface area contributed by atoms with Crippen LogP contribution in [0.1, 0.15) is 90.0 Å². The number of rotatable bonds is 10. The fourth-order valence-corrected chi connectivity index (χ4v) is 11.7. The van der Waals surface area contributed by atoms with E-state index in [4.69, 9.17) is 16.3 Å². The Balaban J connectivity index is 0.727. The highest BCUT2D eigenvalue weighted by Crippen LogP contribution is 2.55. The van der Waals surface area contributed by atoms with Crippen molar-refractivity contribution in [3.8, 4) is 11.8 Å². The van der Waals surface area contributed by atoms with E-state index in [2.05, 4.69) is 71.2 Å². The normalized spacial score (nSPS) is 27.7. The number of nitriles is 1. The number of carbonyl (C=O) groups is 5. The average molecular weight is 846 g/mol. The number of nitrogens with one attached hydrogen (secondary N) is 2. The summed E-state index contributed by atoms with van der Waals surface area (Å²) >= 11 is 6.26. The number of carbonyl (C=O) groups excluding carboxylic acids is 5. The van der Waals surface area contributed by atoms with E-state index in [1.54, 1.807) is 30.3 Å². The van der Waals surface area contributed by atoms with Crippen molar-refractivity contribution >= 4 is 52.5 Å². The van der Waals surface area contributed by atoms with Gasteiger partial charge in [-0.15, -0.1) is 0 Å². The number of nitrogens with zero attached hydrogens (tertiary/aromatic N) is 5.